The summed E-state index contributed by atoms with van der Waals surface area (Å²) in [7, 11) is 0. The highest BCUT2D eigenvalue weighted by Crippen LogP contribution is 2.29. The van der Waals surface area contributed by atoms with Crippen molar-refractivity contribution in [2.75, 3.05) is 26.2 Å². The van der Waals surface area contributed by atoms with Crippen LogP contribution in [0.15, 0.2) is 18.2 Å². The van der Waals surface area contributed by atoms with E-state index in [0.29, 0.717) is 37.8 Å². The molecule has 8 nitrogen and oxygen atoms in total. The van der Waals surface area contributed by atoms with Gasteiger partial charge in [-0.1, -0.05) is 12.1 Å². The first kappa shape index (κ1) is 20.0. The predicted octanol–water partition coefficient (Wildman–Crippen LogP) is 0.387. The maximum Gasteiger partial charge on any atom is 0.255 e. The molecule has 0 aliphatic carbocycles. The van der Waals surface area contributed by atoms with Gasteiger partial charge >= 0.3 is 0 Å². The summed E-state index contributed by atoms with van der Waals surface area (Å²) in [6, 6.07) is 5.39. The average molecular weight is 400 g/mol. The minimum atomic E-state index is -0.566. The monoisotopic (exact) mass is 400 g/mol. The van der Waals surface area contributed by atoms with Gasteiger partial charge < -0.3 is 15.4 Å². The number of nitrogens with zero attached hydrogens (tertiary/aromatic N) is 2. The van der Waals surface area contributed by atoms with Gasteiger partial charge in [-0.2, -0.15) is 0 Å². The highest BCUT2D eigenvalue weighted by molar-refractivity contribution is 6.05. The molecule has 0 bridgehead atoms. The van der Waals surface area contributed by atoms with Crippen molar-refractivity contribution < 1.29 is 19.1 Å². The molecule has 3 amide bonds. The summed E-state index contributed by atoms with van der Waals surface area (Å²) in [5.74, 6) is -0.767. The van der Waals surface area contributed by atoms with E-state index in [4.69, 9.17) is 10.5 Å². The van der Waals surface area contributed by atoms with Gasteiger partial charge in [-0.3, -0.25) is 24.6 Å². The number of ether oxygens (including phenoxy) is 1. The Morgan fingerprint density at radius 3 is 2.66 bits per heavy atom. The molecule has 1 aromatic rings. The van der Waals surface area contributed by atoms with Gasteiger partial charge in [0.2, 0.25) is 11.8 Å². The largest absolute Gasteiger partial charge is 0.377 e. The minimum Gasteiger partial charge on any atom is -0.377 e. The molecule has 4 rings (SSSR count). The SMILES string of the molecule is NCCOC1CCN(Cc2ccc3c(c2)CN(C2CCC(=O)NC2=O)C3=O)CC1. The number of piperidine rings is 2. The van der Waals surface area contributed by atoms with Gasteiger partial charge in [-0.25, -0.2) is 0 Å². The molecule has 156 valence electrons. The normalized spacial score (nSPS) is 23.4. The van der Waals surface area contributed by atoms with Crippen molar-refractivity contribution in [3.63, 3.8) is 0 Å². The van der Waals surface area contributed by atoms with Crippen molar-refractivity contribution in [1.82, 2.24) is 15.1 Å². The van der Waals surface area contributed by atoms with Crippen LogP contribution < -0.4 is 11.1 Å². The maximum atomic E-state index is 12.8. The molecule has 1 atom stereocenters. The van der Waals surface area contributed by atoms with Crippen LogP contribution >= 0.6 is 0 Å². The average Bonchev–Trinajstić information content (AvgIpc) is 3.03. The lowest BCUT2D eigenvalue weighted by Crippen LogP contribution is -2.52. The lowest BCUT2D eigenvalue weighted by atomic mass is 10.0. The van der Waals surface area contributed by atoms with Crippen LogP contribution in [0.2, 0.25) is 0 Å². The lowest BCUT2D eigenvalue weighted by molar-refractivity contribution is -0.136. The molecule has 0 radical (unpaired) electrons. The van der Waals surface area contributed by atoms with E-state index in [1.165, 1.54) is 5.56 Å². The molecule has 3 heterocycles. The number of benzene rings is 1. The number of amides is 3. The van der Waals surface area contributed by atoms with Crippen LogP contribution in [0.4, 0.5) is 0 Å². The number of rotatable bonds is 6. The third-order valence-electron chi connectivity index (χ3n) is 6.00. The Kier molecular flexibility index (Phi) is 5.94. The Bertz CT molecular complexity index is 804. The summed E-state index contributed by atoms with van der Waals surface area (Å²) in [5.41, 5.74) is 8.29. The van der Waals surface area contributed by atoms with Gasteiger partial charge in [-0.05, 0) is 36.5 Å². The maximum absolute atomic E-state index is 12.8. The number of hydrogen-bond acceptors (Lipinski definition) is 6. The van der Waals surface area contributed by atoms with Crippen molar-refractivity contribution in [3.8, 4) is 0 Å². The van der Waals surface area contributed by atoms with Crippen LogP contribution in [0.25, 0.3) is 0 Å². The fraction of sp³-hybridized carbons (Fsp3) is 0.571. The summed E-state index contributed by atoms with van der Waals surface area (Å²) in [6.45, 7) is 4.39. The number of hydrogen-bond donors (Lipinski definition) is 2. The molecule has 8 heteroatoms. The molecule has 0 aromatic heterocycles. The van der Waals surface area contributed by atoms with Crippen LogP contribution in [0.5, 0.6) is 0 Å². The van der Waals surface area contributed by atoms with Gasteiger partial charge in [0.15, 0.2) is 0 Å². The third kappa shape index (κ3) is 4.34. The molecule has 1 aromatic carbocycles. The Morgan fingerprint density at radius 2 is 1.93 bits per heavy atom. The van der Waals surface area contributed by atoms with Crippen molar-refractivity contribution >= 4 is 17.7 Å². The van der Waals surface area contributed by atoms with Crippen LogP contribution in [0.3, 0.4) is 0 Å². The van der Waals surface area contributed by atoms with Gasteiger partial charge in [-0.15, -0.1) is 0 Å². The summed E-state index contributed by atoms with van der Waals surface area (Å²) < 4.78 is 5.74. The number of carbonyl (C=O) groups excluding carboxylic acids is 3. The molecule has 0 saturated carbocycles. The van der Waals surface area contributed by atoms with E-state index < -0.39 is 6.04 Å². The summed E-state index contributed by atoms with van der Waals surface area (Å²) in [6.07, 6.45) is 2.97. The van der Waals surface area contributed by atoms with E-state index in [-0.39, 0.29) is 24.1 Å². The standard InChI is InChI=1S/C21H28N4O4/c22-7-10-29-16-5-8-24(9-6-16)12-14-1-2-17-15(11-14)13-25(21(17)28)18-3-4-19(26)23-20(18)27/h1-2,11,16,18H,3-10,12-13,22H2,(H,23,26,27). The van der Waals surface area contributed by atoms with Crippen LogP contribution in [0, 0.1) is 0 Å². The molecule has 2 fully saturated rings. The van der Waals surface area contributed by atoms with Gasteiger partial charge in [0.1, 0.15) is 6.04 Å². The van der Waals surface area contributed by atoms with Gasteiger partial charge in [0.25, 0.3) is 5.91 Å². The highest BCUT2D eigenvalue weighted by atomic mass is 16.5. The fourth-order valence-corrected chi connectivity index (χ4v) is 4.45. The smallest absolute Gasteiger partial charge is 0.255 e. The summed E-state index contributed by atoms with van der Waals surface area (Å²) in [5, 5.41) is 2.34. The van der Waals surface area contributed by atoms with Crippen molar-refractivity contribution in [2.24, 2.45) is 5.73 Å². The summed E-state index contributed by atoms with van der Waals surface area (Å²) in [4.78, 5) is 40.3. The number of nitrogens with two attached hydrogens (primary N) is 1. The third-order valence-corrected chi connectivity index (χ3v) is 6.00. The lowest BCUT2D eigenvalue weighted by Gasteiger charge is -2.32. The second-order valence-corrected chi connectivity index (χ2v) is 8.03. The molecule has 3 N–H and O–H groups in total. The van der Waals surface area contributed by atoms with Crippen LogP contribution in [-0.2, 0) is 27.4 Å². The topological polar surface area (TPSA) is 105 Å². The second-order valence-electron chi connectivity index (χ2n) is 8.03. The van der Waals surface area contributed by atoms with Gasteiger partial charge in [0, 0.05) is 44.7 Å². The highest BCUT2D eigenvalue weighted by Gasteiger charge is 2.39. The first-order valence-corrected chi connectivity index (χ1v) is 10.4. The fourth-order valence-electron chi connectivity index (χ4n) is 4.45. The molecule has 1 unspecified atom stereocenters. The first-order valence-electron chi connectivity index (χ1n) is 10.4. The summed E-state index contributed by atoms with van der Waals surface area (Å²) >= 11 is 0. The Labute approximate surface area is 170 Å². The number of carbonyl (C=O) groups is 3. The predicted molar refractivity (Wildman–Crippen MR) is 106 cm³/mol. The van der Waals surface area contributed by atoms with E-state index in [0.717, 1.165) is 38.0 Å². The van der Waals surface area contributed by atoms with Crippen molar-refractivity contribution in [1.29, 1.82) is 0 Å². The van der Waals surface area contributed by atoms with Crippen LogP contribution in [0.1, 0.15) is 47.2 Å². The van der Waals surface area contributed by atoms with E-state index >= 15 is 0 Å². The second kappa shape index (κ2) is 8.61. The molecule has 29 heavy (non-hydrogen) atoms. The Morgan fingerprint density at radius 1 is 1.14 bits per heavy atom. The number of fused-ring (bicyclic) bond motifs is 1. The van der Waals surface area contributed by atoms with Gasteiger partial charge in [0.05, 0.1) is 12.7 Å². The minimum absolute atomic E-state index is 0.126. The van der Waals surface area contributed by atoms with Crippen molar-refractivity contribution in [3.05, 3.63) is 34.9 Å². The molecular weight excluding hydrogens is 372 g/mol. The Balaban J connectivity index is 1.37. The van der Waals surface area contributed by atoms with Crippen molar-refractivity contribution in [2.45, 2.75) is 50.9 Å². The number of nitrogens with one attached hydrogen (secondary N) is 1. The van der Waals surface area contributed by atoms with E-state index in [1.54, 1.807) is 4.90 Å². The van der Waals surface area contributed by atoms with E-state index in [1.807, 2.05) is 12.1 Å². The zero-order chi connectivity index (χ0) is 20.4. The Hall–Kier alpha value is -2.29. The zero-order valence-electron chi connectivity index (χ0n) is 16.6. The molecule has 2 saturated heterocycles. The number of likely N-dealkylation sites (tertiary alicyclic amines) is 1. The quantitative estimate of drug-likeness (QED) is 0.670. The molecule has 3 aliphatic rings. The van der Waals surface area contributed by atoms with Crippen LogP contribution in [-0.4, -0.2) is 65.9 Å². The molecular formula is C21H28N4O4. The molecule has 3 aliphatic heterocycles. The van der Waals surface area contributed by atoms with E-state index in [2.05, 4.69) is 16.3 Å². The number of imide groups is 1. The molecule has 0 spiro atoms. The van der Waals surface area contributed by atoms with E-state index in [9.17, 15) is 14.4 Å². The zero-order valence-corrected chi connectivity index (χ0v) is 16.6. The first-order chi connectivity index (χ1) is 14.0.